The summed E-state index contributed by atoms with van der Waals surface area (Å²) >= 11 is 0. The maximum atomic E-state index is 13.5. The number of hydrogen-bond donors (Lipinski definition) is 3. The summed E-state index contributed by atoms with van der Waals surface area (Å²) in [7, 11) is 0. The van der Waals surface area contributed by atoms with Crippen LogP contribution in [0.15, 0.2) is 36.5 Å². The van der Waals surface area contributed by atoms with Crippen molar-refractivity contribution in [3.63, 3.8) is 0 Å². The number of carbonyl (C=O) groups excluding carboxylic acids is 3. The van der Waals surface area contributed by atoms with E-state index < -0.39 is 12.1 Å². The third-order valence-corrected chi connectivity index (χ3v) is 5.57. The van der Waals surface area contributed by atoms with Crippen LogP contribution in [0.2, 0.25) is 0 Å². The summed E-state index contributed by atoms with van der Waals surface area (Å²) in [5.74, 6) is -0.687. The first kappa shape index (κ1) is 21.0. The molecule has 2 aliphatic heterocycles. The van der Waals surface area contributed by atoms with Crippen molar-refractivity contribution in [1.29, 1.82) is 0 Å². The minimum atomic E-state index is -0.731. The third-order valence-electron chi connectivity index (χ3n) is 5.57. The first-order valence-electron chi connectivity index (χ1n) is 10.6. The molecule has 2 bridgehead atoms. The Bertz CT molecular complexity index is 930. The number of piperazine rings is 1. The van der Waals surface area contributed by atoms with Crippen LogP contribution in [0.4, 0.5) is 0 Å². The predicted molar refractivity (Wildman–Crippen MR) is 112 cm³/mol. The highest BCUT2D eigenvalue weighted by Crippen LogP contribution is 2.12. The highest BCUT2D eigenvalue weighted by Gasteiger charge is 2.36. The van der Waals surface area contributed by atoms with Gasteiger partial charge in [0.05, 0.1) is 12.7 Å². The van der Waals surface area contributed by atoms with Crippen LogP contribution in [-0.2, 0) is 33.9 Å². The number of carbonyl (C=O) groups is 3. The van der Waals surface area contributed by atoms with E-state index in [0.717, 1.165) is 5.56 Å². The Labute approximate surface area is 180 Å². The number of nitrogens with one attached hydrogen (secondary N) is 3. The van der Waals surface area contributed by atoms with Gasteiger partial charge >= 0.3 is 0 Å². The maximum absolute atomic E-state index is 13.5. The van der Waals surface area contributed by atoms with Gasteiger partial charge in [-0.15, -0.1) is 5.10 Å². The van der Waals surface area contributed by atoms with E-state index in [1.165, 1.54) is 0 Å². The van der Waals surface area contributed by atoms with Crippen molar-refractivity contribution in [2.24, 2.45) is 0 Å². The quantitative estimate of drug-likeness (QED) is 0.580. The van der Waals surface area contributed by atoms with Crippen LogP contribution in [0, 0.1) is 0 Å². The van der Waals surface area contributed by atoms with Crippen molar-refractivity contribution in [3.8, 4) is 0 Å². The van der Waals surface area contributed by atoms with Gasteiger partial charge in [0.2, 0.25) is 17.7 Å². The van der Waals surface area contributed by atoms with Crippen LogP contribution in [0.3, 0.4) is 0 Å². The number of aromatic nitrogens is 3. The molecule has 2 atom stereocenters. The van der Waals surface area contributed by atoms with Crippen molar-refractivity contribution in [2.45, 2.75) is 44.4 Å². The number of hydrogen-bond acceptors (Lipinski definition) is 6. The van der Waals surface area contributed by atoms with Crippen LogP contribution >= 0.6 is 0 Å². The third kappa shape index (κ3) is 5.26. The summed E-state index contributed by atoms with van der Waals surface area (Å²) in [6.07, 6.45) is 2.98. The SMILES string of the molecule is O=C1CCCn2cc(nn2)CNC(=O)[C@H]2CNCCN2C(=O)[C@H](Cc2ccccc2)N1. The first-order valence-corrected chi connectivity index (χ1v) is 10.6. The molecule has 0 aliphatic carbocycles. The summed E-state index contributed by atoms with van der Waals surface area (Å²) in [5, 5.41) is 17.1. The Hall–Kier alpha value is -3.27. The Kier molecular flexibility index (Phi) is 6.56. The number of benzene rings is 1. The van der Waals surface area contributed by atoms with Gasteiger partial charge in [-0.1, -0.05) is 35.5 Å². The monoisotopic (exact) mass is 425 g/mol. The molecule has 0 unspecified atom stereocenters. The molecule has 1 fully saturated rings. The van der Waals surface area contributed by atoms with Crippen molar-refractivity contribution in [1.82, 2.24) is 35.8 Å². The minimum absolute atomic E-state index is 0.194. The van der Waals surface area contributed by atoms with E-state index in [4.69, 9.17) is 0 Å². The lowest BCUT2D eigenvalue weighted by molar-refractivity contribution is -0.144. The zero-order valence-corrected chi connectivity index (χ0v) is 17.3. The fourth-order valence-electron chi connectivity index (χ4n) is 3.94. The zero-order chi connectivity index (χ0) is 21.6. The highest BCUT2D eigenvalue weighted by atomic mass is 16.2. The average molecular weight is 425 g/mol. The Balaban J connectivity index is 1.59. The fraction of sp³-hybridized carbons (Fsp3) is 0.476. The van der Waals surface area contributed by atoms with Gasteiger partial charge in [0.1, 0.15) is 17.8 Å². The van der Waals surface area contributed by atoms with Crippen molar-refractivity contribution >= 4 is 17.7 Å². The molecule has 3 heterocycles. The lowest BCUT2D eigenvalue weighted by atomic mass is 10.0. The molecule has 3 amide bonds. The number of rotatable bonds is 2. The summed E-state index contributed by atoms with van der Waals surface area (Å²) in [4.78, 5) is 40.6. The lowest BCUT2D eigenvalue weighted by Gasteiger charge is -2.37. The summed E-state index contributed by atoms with van der Waals surface area (Å²) in [5.41, 5.74) is 1.58. The number of nitrogens with zero attached hydrogens (tertiary/aromatic N) is 4. The second-order valence-corrected chi connectivity index (χ2v) is 7.86. The van der Waals surface area contributed by atoms with Crippen LogP contribution in [0.5, 0.6) is 0 Å². The predicted octanol–water partition coefficient (Wildman–Crippen LogP) is -0.784. The Morgan fingerprint density at radius 1 is 1.10 bits per heavy atom. The average Bonchev–Trinajstić information content (AvgIpc) is 3.24. The molecule has 0 saturated carbocycles. The van der Waals surface area contributed by atoms with Gasteiger partial charge in [-0.05, 0) is 12.0 Å². The Morgan fingerprint density at radius 3 is 2.77 bits per heavy atom. The molecule has 2 aliphatic rings. The molecular formula is C21H27N7O3. The molecule has 0 spiro atoms. The minimum Gasteiger partial charge on any atom is -0.348 e. The smallest absolute Gasteiger partial charge is 0.246 e. The number of aryl methyl sites for hydroxylation is 1. The molecule has 10 nitrogen and oxygen atoms in total. The van der Waals surface area contributed by atoms with Crippen molar-refractivity contribution in [3.05, 3.63) is 47.8 Å². The van der Waals surface area contributed by atoms with Gasteiger partial charge in [0.15, 0.2) is 0 Å². The van der Waals surface area contributed by atoms with E-state index in [9.17, 15) is 14.4 Å². The lowest BCUT2D eigenvalue weighted by Crippen LogP contribution is -2.63. The molecule has 1 saturated heterocycles. The second kappa shape index (κ2) is 9.69. The van der Waals surface area contributed by atoms with Crippen LogP contribution < -0.4 is 16.0 Å². The summed E-state index contributed by atoms with van der Waals surface area (Å²) in [6.45, 7) is 2.12. The van der Waals surface area contributed by atoms with Gasteiger partial charge < -0.3 is 20.9 Å². The van der Waals surface area contributed by atoms with Gasteiger partial charge in [0.25, 0.3) is 0 Å². The van der Waals surface area contributed by atoms with Gasteiger partial charge in [0, 0.05) is 39.0 Å². The second-order valence-electron chi connectivity index (χ2n) is 7.86. The molecule has 4 rings (SSSR count). The Morgan fingerprint density at radius 2 is 1.94 bits per heavy atom. The van der Waals surface area contributed by atoms with E-state index in [1.807, 2.05) is 30.3 Å². The number of fused-ring (bicyclic) bond motifs is 3. The molecule has 10 heteroatoms. The summed E-state index contributed by atoms with van der Waals surface area (Å²) < 4.78 is 1.66. The molecule has 1 aromatic heterocycles. The zero-order valence-electron chi connectivity index (χ0n) is 17.3. The van der Waals surface area contributed by atoms with Crippen LogP contribution in [-0.4, -0.2) is 69.3 Å². The molecule has 0 radical (unpaired) electrons. The van der Waals surface area contributed by atoms with E-state index in [2.05, 4.69) is 26.3 Å². The highest BCUT2D eigenvalue weighted by molar-refractivity contribution is 5.92. The maximum Gasteiger partial charge on any atom is 0.246 e. The van der Waals surface area contributed by atoms with E-state index in [-0.39, 0.29) is 30.7 Å². The molecule has 3 N–H and O–H groups in total. The van der Waals surface area contributed by atoms with E-state index in [0.29, 0.717) is 44.7 Å². The van der Waals surface area contributed by atoms with Crippen molar-refractivity contribution in [2.75, 3.05) is 19.6 Å². The standard InChI is InChI=1S/C21H27N7O3/c29-19-7-4-9-27-14-16(25-26-27)12-23-20(30)18-13-22-8-10-28(18)21(31)17(24-19)11-15-5-2-1-3-6-15/h1-3,5-6,14,17-18,22H,4,7-13H2,(H,23,30)(H,24,29)/t17-,18+/m0/s1. The van der Waals surface area contributed by atoms with Gasteiger partial charge in [-0.2, -0.15) is 0 Å². The molecular weight excluding hydrogens is 398 g/mol. The normalized spacial score (nSPS) is 23.2. The van der Waals surface area contributed by atoms with Crippen molar-refractivity contribution < 1.29 is 14.4 Å². The molecule has 31 heavy (non-hydrogen) atoms. The van der Waals surface area contributed by atoms with E-state index in [1.54, 1.807) is 15.8 Å². The first-order chi connectivity index (χ1) is 15.1. The molecule has 2 aromatic rings. The molecule has 1 aromatic carbocycles. The van der Waals surface area contributed by atoms with E-state index >= 15 is 0 Å². The van der Waals surface area contributed by atoms with Gasteiger partial charge in [-0.25, -0.2) is 0 Å². The van der Waals surface area contributed by atoms with Crippen LogP contribution in [0.25, 0.3) is 0 Å². The molecule has 164 valence electrons. The fourth-order valence-corrected chi connectivity index (χ4v) is 3.94. The van der Waals surface area contributed by atoms with Gasteiger partial charge in [-0.3, -0.25) is 19.1 Å². The number of amides is 3. The largest absolute Gasteiger partial charge is 0.348 e. The topological polar surface area (TPSA) is 121 Å². The van der Waals surface area contributed by atoms with Crippen LogP contribution in [0.1, 0.15) is 24.1 Å². The summed E-state index contributed by atoms with van der Waals surface area (Å²) in [6, 6.07) is 8.19.